The Bertz CT molecular complexity index is 295. The van der Waals surface area contributed by atoms with Crippen molar-refractivity contribution in [2.75, 3.05) is 12.5 Å². The normalized spacial score (nSPS) is 11.5. The van der Waals surface area contributed by atoms with Crippen LogP contribution in [0, 0.1) is 0 Å². The lowest BCUT2D eigenvalue weighted by Crippen LogP contribution is -2.04. The molecule has 0 aliphatic rings. The number of hydrogen-bond donors (Lipinski definition) is 0. The molecule has 1 aromatic carbocycles. The Morgan fingerprint density at radius 3 is 2.20 bits per heavy atom. The van der Waals surface area contributed by atoms with Crippen LogP contribution in [0.1, 0.15) is 12.0 Å². The zero-order valence-corrected chi connectivity index (χ0v) is 8.61. The number of alkyl halides is 4. The van der Waals surface area contributed by atoms with Crippen molar-refractivity contribution in [3.05, 3.63) is 29.8 Å². The van der Waals surface area contributed by atoms with Crippen LogP contribution in [0.4, 0.5) is 13.2 Å². The summed E-state index contributed by atoms with van der Waals surface area (Å²) in [6.07, 6.45) is -3.63. The summed E-state index contributed by atoms with van der Waals surface area (Å²) in [6, 6.07) is 4.60. The van der Waals surface area contributed by atoms with E-state index in [1.807, 2.05) is 0 Å². The van der Waals surface area contributed by atoms with Crippen LogP contribution in [0.5, 0.6) is 5.75 Å². The van der Waals surface area contributed by atoms with Crippen molar-refractivity contribution in [3.63, 3.8) is 0 Å². The van der Waals surface area contributed by atoms with Crippen LogP contribution in [0.15, 0.2) is 24.3 Å². The molecule has 0 heterocycles. The Labute approximate surface area is 90.8 Å². The summed E-state index contributed by atoms with van der Waals surface area (Å²) in [6.45, 7) is 0.412. The van der Waals surface area contributed by atoms with Crippen LogP contribution in [0.3, 0.4) is 0 Å². The molecule has 1 aromatic rings. The Balaban J connectivity index is 2.57. The summed E-state index contributed by atoms with van der Waals surface area (Å²) in [7, 11) is 0. The molecule has 1 rings (SSSR count). The SMILES string of the molecule is FC(F)(F)c1ccc(OCCCCl)cc1. The first-order valence-electron chi connectivity index (χ1n) is 4.40. The van der Waals surface area contributed by atoms with Gasteiger partial charge in [-0.1, -0.05) is 0 Å². The van der Waals surface area contributed by atoms with Gasteiger partial charge in [0.25, 0.3) is 0 Å². The Kier molecular flexibility index (Phi) is 4.27. The number of halogens is 4. The monoisotopic (exact) mass is 238 g/mol. The highest BCUT2D eigenvalue weighted by Crippen LogP contribution is 2.30. The van der Waals surface area contributed by atoms with E-state index in [1.54, 1.807) is 0 Å². The predicted octanol–water partition coefficient (Wildman–Crippen LogP) is 3.71. The third-order valence-corrected chi connectivity index (χ3v) is 2.00. The number of benzene rings is 1. The van der Waals surface area contributed by atoms with E-state index in [0.29, 0.717) is 24.7 Å². The Morgan fingerprint density at radius 1 is 1.13 bits per heavy atom. The van der Waals surface area contributed by atoms with Gasteiger partial charge in [0, 0.05) is 5.88 Å². The molecule has 0 aromatic heterocycles. The van der Waals surface area contributed by atoms with E-state index in [1.165, 1.54) is 12.1 Å². The summed E-state index contributed by atoms with van der Waals surface area (Å²) < 4.78 is 41.7. The van der Waals surface area contributed by atoms with Crippen molar-refractivity contribution in [3.8, 4) is 5.75 Å². The van der Waals surface area contributed by atoms with Gasteiger partial charge in [0.2, 0.25) is 0 Å². The van der Waals surface area contributed by atoms with Crippen molar-refractivity contribution < 1.29 is 17.9 Å². The van der Waals surface area contributed by atoms with Crippen LogP contribution < -0.4 is 4.74 Å². The van der Waals surface area contributed by atoms with Gasteiger partial charge in [-0.05, 0) is 30.7 Å². The average Bonchev–Trinajstić information content (AvgIpc) is 2.18. The molecule has 0 fully saturated rings. The van der Waals surface area contributed by atoms with Gasteiger partial charge in [-0.2, -0.15) is 13.2 Å². The smallest absolute Gasteiger partial charge is 0.416 e. The third kappa shape index (κ3) is 4.00. The van der Waals surface area contributed by atoms with Gasteiger partial charge >= 0.3 is 6.18 Å². The van der Waals surface area contributed by atoms with Gasteiger partial charge in [-0.25, -0.2) is 0 Å². The van der Waals surface area contributed by atoms with Gasteiger partial charge in [0.15, 0.2) is 0 Å². The minimum atomic E-state index is -4.30. The molecule has 15 heavy (non-hydrogen) atoms. The quantitative estimate of drug-likeness (QED) is 0.574. The molecule has 0 radical (unpaired) electrons. The summed E-state index contributed by atoms with van der Waals surface area (Å²) in [4.78, 5) is 0. The van der Waals surface area contributed by atoms with E-state index in [9.17, 15) is 13.2 Å². The van der Waals surface area contributed by atoms with Crippen molar-refractivity contribution in [2.45, 2.75) is 12.6 Å². The highest BCUT2D eigenvalue weighted by Gasteiger charge is 2.29. The first-order chi connectivity index (χ1) is 7.04. The van der Waals surface area contributed by atoms with Gasteiger partial charge in [0.05, 0.1) is 12.2 Å². The highest BCUT2D eigenvalue weighted by atomic mass is 35.5. The third-order valence-electron chi connectivity index (χ3n) is 1.73. The fraction of sp³-hybridized carbons (Fsp3) is 0.400. The highest BCUT2D eigenvalue weighted by molar-refractivity contribution is 6.17. The maximum atomic E-state index is 12.2. The van der Waals surface area contributed by atoms with Crippen LogP contribution in [-0.2, 0) is 6.18 Å². The fourth-order valence-electron chi connectivity index (χ4n) is 0.985. The number of hydrogen-bond acceptors (Lipinski definition) is 1. The van der Waals surface area contributed by atoms with Gasteiger partial charge < -0.3 is 4.74 Å². The first kappa shape index (κ1) is 12.2. The van der Waals surface area contributed by atoms with E-state index in [4.69, 9.17) is 16.3 Å². The van der Waals surface area contributed by atoms with Gasteiger partial charge in [-0.3, -0.25) is 0 Å². The Morgan fingerprint density at radius 2 is 1.73 bits per heavy atom. The molecule has 0 aliphatic carbocycles. The summed E-state index contributed by atoms with van der Waals surface area (Å²) in [5.74, 6) is 0.897. The zero-order valence-electron chi connectivity index (χ0n) is 7.85. The maximum Gasteiger partial charge on any atom is 0.416 e. The number of rotatable bonds is 4. The van der Waals surface area contributed by atoms with Crippen molar-refractivity contribution in [1.29, 1.82) is 0 Å². The van der Waals surface area contributed by atoms with Crippen LogP contribution in [-0.4, -0.2) is 12.5 Å². The lowest BCUT2D eigenvalue weighted by Gasteiger charge is -2.08. The predicted molar refractivity (Wildman–Crippen MR) is 52.3 cm³/mol. The Hall–Kier alpha value is -0.900. The summed E-state index contributed by atoms with van der Waals surface area (Å²) in [5.41, 5.74) is -0.674. The minimum absolute atomic E-state index is 0.412. The first-order valence-corrected chi connectivity index (χ1v) is 4.93. The molecule has 0 aliphatic heterocycles. The molecular formula is C10H10ClF3O. The molecule has 0 unspecified atom stereocenters. The number of ether oxygens (including phenoxy) is 1. The molecule has 1 nitrogen and oxygen atoms in total. The molecule has 84 valence electrons. The van der Waals surface area contributed by atoms with E-state index in [0.717, 1.165) is 12.1 Å². The topological polar surface area (TPSA) is 9.23 Å². The summed E-state index contributed by atoms with van der Waals surface area (Å²) in [5, 5.41) is 0. The molecule has 0 atom stereocenters. The molecule has 5 heteroatoms. The standard InChI is InChI=1S/C10H10ClF3O/c11-6-1-7-15-9-4-2-8(3-5-9)10(12,13)14/h2-5H,1,6-7H2. The summed E-state index contributed by atoms with van der Waals surface area (Å²) >= 11 is 5.42. The molecule has 0 saturated carbocycles. The molecule has 0 bridgehead atoms. The van der Waals surface area contributed by atoms with Gasteiger partial charge in [0.1, 0.15) is 5.75 Å². The average molecular weight is 239 g/mol. The minimum Gasteiger partial charge on any atom is -0.494 e. The van der Waals surface area contributed by atoms with E-state index in [-0.39, 0.29) is 0 Å². The van der Waals surface area contributed by atoms with Gasteiger partial charge in [-0.15, -0.1) is 11.6 Å². The van der Waals surface area contributed by atoms with Crippen molar-refractivity contribution in [2.24, 2.45) is 0 Å². The second-order valence-electron chi connectivity index (χ2n) is 2.91. The second-order valence-corrected chi connectivity index (χ2v) is 3.29. The molecule has 0 N–H and O–H groups in total. The van der Waals surface area contributed by atoms with E-state index < -0.39 is 11.7 Å². The zero-order chi connectivity index (χ0) is 11.3. The molecular weight excluding hydrogens is 229 g/mol. The molecule has 0 amide bonds. The van der Waals surface area contributed by atoms with E-state index in [2.05, 4.69) is 0 Å². The largest absolute Gasteiger partial charge is 0.494 e. The second kappa shape index (κ2) is 5.26. The fourth-order valence-corrected chi connectivity index (χ4v) is 1.09. The van der Waals surface area contributed by atoms with Crippen LogP contribution in [0.2, 0.25) is 0 Å². The molecule has 0 spiro atoms. The lowest BCUT2D eigenvalue weighted by molar-refractivity contribution is -0.137. The maximum absolute atomic E-state index is 12.2. The van der Waals surface area contributed by atoms with Crippen molar-refractivity contribution >= 4 is 11.6 Å². The van der Waals surface area contributed by atoms with Crippen LogP contribution >= 0.6 is 11.6 Å². The van der Waals surface area contributed by atoms with Crippen LogP contribution in [0.25, 0.3) is 0 Å². The lowest BCUT2D eigenvalue weighted by atomic mass is 10.2. The van der Waals surface area contributed by atoms with E-state index >= 15 is 0 Å². The molecule has 0 saturated heterocycles. The van der Waals surface area contributed by atoms with Crippen molar-refractivity contribution in [1.82, 2.24) is 0 Å².